The van der Waals surface area contributed by atoms with Crippen LogP contribution in [0, 0.1) is 62.7 Å². The number of halogens is 2. The van der Waals surface area contributed by atoms with E-state index in [1.165, 1.54) is 32.5 Å². The van der Waals surface area contributed by atoms with Crippen LogP contribution in [0.5, 0.6) is 0 Å². The van der Waals surface area contributed by atoms with Crippen LogP contribution in [0.2, 0.25) is 0 Å². The Labute approximate surface area is 315 Å². The van der Waals surface area contributed by atoms with Crippen LogP contribution in [0.25, 0.3) is 0 Å². The summed E-state index contributed by atoms with van der Waals surface area (Å²) in [5, 5.41) is 6.24. The topological polar surface area (TPSA) is 0 Å². The SMILES string of the molecule is [CH]1[CH][CH][C](P(c2ccccc2)c2ccccc2)[CH]1.[CH]1[CH][CH][C](P(c2ccccc2)c2ccccc2)[CH]1.[Fe].[Pt+2].[S-]CCl.[S-]CCl. The van der Waals surface area contributed by atoms with E-state index >= 15 is 0 Å². The summed E-state index contributed by atoms with van der Waals surface area (Å²) < 4.78 is 0. The zero-order chi connectivity index (χ0) is 29.8. The maximum absolute atomic E-state index is 4.81. The fourth-order valence-electron chi connectivity index (χ4n) is 4.23. The Hall–Kier alpha value is 0.228. The molecule has 8 heteroatoms. The molecule has 4 aromatic rings. The van der Waals surface area contributed by atoms with E-state index in [2.05, 4.69) is 198 Å². The van der Waals surface area contributed by atoms with Crippen LogP contribution in [-0.2, 0) is 63.4 Å². The smallest absolute Gasteiger partial charge is 0.777 e. The first kappa shape index (κ1) is 42.3. The van der Waals surface area contributed by atoms with Crippen molar-refractivity contribution in [1.29, 1.82) is 0 Å². The van der Waals surface area contributed by atoms with E-state index in [-0.39, 0.29) is 38.1 Å². The molecule has 0 aliphatic heterocycles. The van der Waals surface area contributed by atoms with E-state index in [1.807, 2.05) is 0 Å². The van der Waals surface area contributed by atoms with Gasteiger partial charge in [0.05, 0.1) is 0 Å². The fourth-order valence-corrected chi connectivity index (χ4v) is 8.84. The minimum absolute atomic E-state index is 0. The van der Waals surface area contributed by atoms with Crippen LogP contribution in [-0.4, -0.2) is 10.4 Å². The summed E-state index contributed by atoms with van der Waals surface area (Å²) >= 11 is 17.9. The van der Waals surface area contributed by atoms with Gasteiger partial charge in [0.2, 0.25) is 0 Å². The zero-order valence-electron chi connectivity index (χ0n) is 23.7. The monoisotopic (exact) mass is 911 g/mol. The summed E-state index contributed by atoms with van der Waals surface area (Å²) in [7, 11) is -0.818. The molecule has 0 bridgehead atoms. The molecular weight excluding hydrogens is 880 g/mol. The molecular formula is C36H32Cl2FeP2PtS2. The summed E-state index contributed by atoms with van der Waals surface area (Å²) in [5.74, 6) is 0. The molecule has 0 spiro atoms. The second-order valence-corrected chi connectivity index (χ2v) is 14.7. The van der Waals surface area contributed by atoms with Crippen LogP contribution in [0.1, 0.15) is 0 Å². The van der Waals surface area contributed by atoms with E-state index in [4.69, 9.17) is 23.2 Å². The van der Waals surface area contributed by atoms with Gasteiger partial charge < -0.3 is 25.3 Å². The van der Waals surface area contributed by atoms with Crippen LogP contribution in [0.4, 0.5) is 0 Å². The first-order valence-electron chi connectivity index (χ1n) is 13.3. The van der Waals surface area contributed by atoms with Gasteiger partial charge in [-0.1, -0.05) is 132 Å². The van der Waals surface area contributed by atoms with Gasteiger partial charge in [0, 0.05) is 28.4 Å². The van der Waals surface area contributed by atoms with Crippen molar-refractivity contribution in [3.8, 4) is 0 Å². The second kappa shape index (κ2) is 26.2. The largest absolute Gasteiger partial charge is 2.00 e. The molecule has 0 aromatic heterocycles. The van der Waals surface area contributed by atoms with E-state index in [0.29, 0.717) is 10.4 Å². The van der Waals surface area contributed by atoms with Crippen molar-refractivity contribution >= 4 is 85.5 Å². The van der Waals surface area contributed by atoms with Gasteiger partial charge in [-0.2, -0.15) is 23.2 Å². The molecule has 2 aliphatic rings. The van der Waals surface area contributed by atoms with E-state index in [9.17, 15) is 0 Å². The van der Waals surface area contributed by atoms with Crippen LogP contribution in [0.15, 0.2) is 121 Å². The molecule has 0 saturated heterocycles. The standard InChI is InChI=1S/2C17H14P.2CH3ClS.Fe.Pt/c2*1-3-9-15(10-4-1)18(17-13-7-8-14-17)16-11-5-2-6-12-16;2*2-1-3;;/h2*1-14H;2*3H,1H2;;/q;;;;;+2/p-2. The zero-order valence-corrected chi connectivity index (χ0v) is 32.0. The van der Waals surface area contributed by atoms with Gasteiger partial charge in [0.1, 0.15) is 0 Å². The van der Waals surface area contributed by atoms with Gasteiger partial charge >= 0.3 is 21.1 Å². The normalized spacial score (nSPS) is 14.1. The van der Waals surface area contributed by atoms with Gasteiger partial charge in [0.15, 0.2) is 0 Å². The van der Waals surface area contributed by atoms with Gasteiger partial charge in [0.25, 0.3) is 0 Å². The molecule has 2 aliphatic carbocycles. The molecule has 0 atom stereocenters. The van der Waals surface area contributed by atoms with Crippen LogP contribution >= 0.6 is 39.0 Å². The summed E-state index contributed by atoms with van der Waals surface area (Å²) in [6.07, 6.45) is 17.4. The number of alkyl halides is 2. The van der Waals surface area contributed by atoms with Crippen molar-refractivity contribution in [1.82, 2.24) is 0 Å². The third kappa shape index (κ3) is 14.6. The van der Waals surface area contributed by atoms with Crippen molar-refractivity contribution < 1.29 is 38.1 Å². The van der Waals surface area contributed by atoms with Crippen molar-refractivity contribution in [3.05, 3.63) is 184 Å². The molecule has 6 rings (SSSR count). The van der Waals surface area contributed by atoms with Gasteiger partial charge in [-0.15, -0.1) is 0 Å². The first-order valence-corrected chi connectivity index (χ1v) is 18.2. The van der Waals surface area contributed by atoms with Gasteiger partial charge in [-0.25, -0.2) is 0 Å². The molecule has 2 saturated carbocycles. The molecule has 230 valence electrons. The molecule has 0 heterocycles. The summed E-state index contributed by atoms with van der Waals surface area (Å²) in [4.78, 5) is 0. The molecule has 44 heavy (non-hydrogen) atoms. The predicted octanol–water partition coefficient (Wildman–Crippen LogP) is 8.42. The van der Waals surface area contributed by atoms with E-state index < -0.39 is 15.8 Å². The van der Waals surface area contributed by atoms with Crippen molar-refractivity contribution in [2.24, 2.45) is 0 Å². The molecule has 2 fully saturated rings. The Kier molecular flexibility index (Phi) is 25.2. The third-order valence-corrected chi connectivity index (χ3v) is 10.8. The van der Waals surface area contributed by atoms with Gasteiger partial charge in [-0.05, 0) is 88.4 Å². The number of rotatable bonds is 6. The Morgan fingerprint density at radius 1 is 0.409 bits per heavy atom. The Balaban J connectivity index is 0.000000360. The maximum Gasteiger partial charge on any atom is 2.00 e. The minimum atomic E-state index is -0.409. The third-order valence-electron chi connectivity index (χ3n) is 5.86. The predicted molar refractivity (Wildman–Crippen MR) is 195 cm³/mol. The first-order chi connectivity index (χ1) is 20.7. The summed E-state index contributed by atoms with van der Waals surface area (Å²) in [6, 6.07) is 43.1. The maximum atomic E-state index is 4.81. The molecule has 10 radical (unpaired) electrons. The Morgan fingerprint density at radius 2 is 0.591 bits per heavy atom. The van der Waals surface area contributed by atoms with E-state index in [1.54, 1.807) is 0 Å². The molecule has 0 nitrogen and oxygen atoms in total. The van der Waals surface area contributed by atoms with Crippen molar-refractivity contribution in [3.63, 3.8) is 0 Å². The average molecular weight is 913 g/mol. The quantitative estimate of drug-likeness (QED) is 0.0826. The molecule has 0 amide bonds. The number of benzene rings is 4. The van der Waals surface area contributed by atoms with Gasteiger partial charge in [-0.3, -0.25) is 0 Å². The molecule has 4 aromatic carbocycles. The average Bonchev–Trinajstić information content (AvgIpc) is 3.77. The van der Waals surface area contributed by atoms with Crippen molar-refractivity contribution in [2.75, 3.05) is 10.4 Å². The van der Waals surface area contributed by atoms with E-state index in [0.717, 1.165) is 0 Å². The summed E-state index contributed by atoms with van der Waals surface area (Å²) in [6.45, 7) is 0. The van der Waals surface area contributed by atoms with Crippen molar-refractivity contribution in [2.45, 2.75) is 0 Å². The minimum Gasteiger partial charge on any atom is -0.777 e. The fraction of sp³-hybridized carbons (Fsp3) is 0.0556. The Morgan fingerprint density at radius 3 is 0.773 bits per heavy atom. The summed E-state index contributed by atoms with van der Waals surface area (Å²) in [5.41, 5.74) is 2.84. The molecule has 0 unspecified atom stereocenters. The van der Waals surface area contributed by atoms with Crippen LogP contribution < -0.4 is 21.2 Å². The Bertz CT molecular complexity index is 1030. The molecule has 0 N–H and O–H groups in total. The number of hydrogen-bond acceptors (Lipinski definition) is 2. The second-order valence-electron chi connectivity index (χ2n) is 8.52. The number of hydrogen-bond donors (Lipinski definition) is 0. The van der Waals surface area contributed by atoms with Crippen LogP contribution in [0.3, 0.4) is 0 Å².